The van der Waals surface area contributed by atoms with Crippen LogP contribution < -0.4 is 10.1 Å². The lowest BCUT2D eigenvalue weighted by Gasteiger charge is -2.16. The molecule has 0 heterocycles. The Hall–Kier alpha value is -1.27. The maximum atomic E-state index is 11.9. The second-order valence-electron chi connectivity index (χ2n) is 3.41. The molecule has 1 aromatic carbocycles. The fourth-order valence-electron chi connectivity index (χ4n) is 1.41. The van der Waals surface area contributed by atoms with Gasteiger partial charge in [0.2, 0.25) is 0 Å². The Morgan fingerprint density at radius 3 is 2.24 bits per heavy atom. The molecular formula is C11H14F3NO2. The van der Waals surface area contributed by atoms with Crippen molar-refractivity contribution in [2.45, 2.75) is 12.4 Å². The van der Waals surface area contributed by atoms with Gasteiger partial charge in [0.15, 0.2) is 0 Å². The predicted octanol–water partition coefficient (Wildman–Crippen LogP) is 2.49. The maximum Gasteiger partial charge on any atom is 0.573 e. The van der Waals surface area contributed by atoms with Gasteiger partial charge in [-0.3, -0.25) is 0 Å². The lowest BCUT2D eigenvalue weighted by Crippen LogP contribution is -2.21. The number of rotatable bonds is 5. The highest BCUT2D eigenvalue weighted by molar-refractivity contribution is 5.29. The summed E-state index contributed by atoms with van der Waals surface area (Å²) in [4.78, 5) is 0. The van der Waals surface area contributed by atoms with Gasteiger partial charge in [-0.05, 0) is 24.7 Å². The zero-order chi connectivity index (χ0) is 12.9. The van der Waals surface area contributed by atoms with Crippen molar-refractivity contribution in [2.75, 3.05) is 20.8 Å². The smallest absolute Gasteiger partial charge is 0.406 e. The summed E-state index contributed by atoms with van der Waals surface area (Å²) in [6, 6.07) is 5.65. The number of hydrogen-bond donors (Lipinski definition) is 1. The van der Waals surface area contributed by atoms with Crippen LogP contribution in [0.4, 0.5) is 13.2 Å². The van der Waals surface area contributed by atoms with Crippen molar-refractivity contribution in [1.29, 1.82) is 0 Å². The number of methoxy groups -OCH3 is 1. The normalized spacial score (nSPS) is 13.5. The number of benzene rings is 1. The summed E-state index contributed by atoms with van der Waals surface area (Å²) in [7, 11) is 3.31. The fourth-order valence-corrected chi connectivity index (χ4v) is 1.41. The summed E-state index contributed by atoms with van der Waals surface area (Å²) >= 11 is 0. The van der Waals surface area contributed by atoms with E-state index in [1.54, 1.807) is 26.3 Å². The van der Waals surface area contributed by atoms with Gasteiger partial charge in [0.1, 0.15) is 5.75 Å². The van der Waals surface area contributed by atoms with Gasteiger partial charge in [-0.15, -0.1) is 13.2 Å². The molecule has 1 rings (SSSR count). The van der Waals surface area contributed by atoms with Crippen molar-refractivity contribution in [3.63, 3.8) is 0 Å². The molecule has 1 atom stereocenters. The van der Waals surface area contributed by atoms with Crippen molar-refractivity contribution < 1.29 is 22.6 Å². The molecule has 1 unspecified atom stereocenters. The molecule has 0 aromatic heterocycles. The third-order valence-corrected chi connectivity index (χ3v) is 2.20. The van der Waals surface area contributed by atoms with E-state index >= 15 is 0 Å². The summed E-state index contributed by atoms with van der Waals surface area (Å²) in [5, 5.41) is 3.00. The number of nitrogens with one attached hydrogen (secondary N) is 1. The van der Waals surface area contributed by atoms with Crippen LogP contribution >= 0.6 is 0 Å². The molecule has 0 bridgehead atoms. The van der Waals surface area contributed by atoms with Crippen LogP contribution in [0.5, 0.6) is 5.75 Å². The number of halogens is 3. The first-order valence-electron chi connectivity index (χ1n) is 4.98. The molecule has 0 aliphatic carbocycles. The van der Waals surface area contributed by atoms with E-state index in [2.05, 4.69) is 10.1 Å². The standard InChI is InChI=1S/C11H14F3NO2/c1-15-10(7-16-2)8-3-5-9(6-4-8)17-11(12,13)14/h3-6,10,15H,7H2,1-2H3. The van der Waals surface area contributed by atoms with Crippen LogP contribution in [0.15, 0.2) is 24.3 Å². The number of likely N-dealkylation sites (N-methyl/N-ethyl adjacent to an activating group) is 1. The Morgan fingerprint density at radius 2 is 1.82 bits per heavy atom. The van der Waals surface area contributed by atoms with Crippen LogP contribution in [-0.4, -0.2) is 27.1 Å². The molecule has 96 valence electrons. The molecule has 1 aromatic rings. The Bertz CT molecular complexity index is 338. The van der Waals surface area contributed by atoms with Crippen molar-refractivity contribution >= 4 is 0 Å². The van der Waals surface area contributed by atoms with Crippen LogP contribution in [0.2, 0.25) is 0 Å². The molecule has 17 heavy (non-hydrogen) atoms. The van der Waals surface area contributed by atoms with Crippen molar-refractivity contribution in [3.05, 3.63) is 29.8 Å². The van der Waals surface area contributed by atoms with Crippen molar-refractivity contribution in [1.82, 2.24) is 5.32 Å². The predicted molar refractivity (Wildman–Crippen MR) is 56.8 cm³/mol. The lowest BCUT2D eigenvalue weighted by atomic mass is 10.1. The van der Waals surface area contributed by atoms with E-state index < -0.39 is 6.36 Å². The van der Waals surface area contributed by atoms with Gasteiger partial charge in [0, 0.05) is 7.11 Å². The molecule has 0 radical (unpaired) electrons. The minimum atomic E-state index is -4.66. The first-order valence-corrected chi connectivity index (χ1v) is 4.98. The van der Waals surface area contributed by atoms with Gasteiger partial charge < -0.3 is 14.8 Å². The van der Waals surface area contributed by atoms with Crippen LogP contribution in [0.25, 0.3) is 0 Å². The Kier molecular flexibility index (Phi) is 4.77. The molecular weight excluding hydrogens is 235 g/mol. The van der Waals surface area contributed by atoms with Gasteiger partial charge >= 0.3 is 6.36 Å². The van der Waals surface area contributed by atoms with E-state index in [1.807, 2.05) is 0 Å². The molecule has 0 saturated heterocycles. The Balaban J connectivity index is 2.73. The quantitative estimate of drug-likeness (QED) is 0.869. The lowest BCUT2D eigenvalue weighted by molar-refractivity contribution is -0.274. The van der Waals surface area contributed by atoms with Crippen LogP contribution in [0, 0.1) is 0 Å². The first kappa shape index (κ1) is 13.8. The minimum absolute atomic E-state index is 0.0556. The van der Waals surface area contributed by atoms with Crippen LogP contribution in [-0.2, 0) is 4.74 Å². The van der Waals surface area contributed by atoms with Crippen LogP contribution in [0.1, 0.15) is 11.6 Å². The van der Waals surface area contributed by atoms with E-state index in [4.69, 9.17) is 4.74 Å². The van der Waals surface area contributed by atoms with E-state index in [0.717, 1.165) is 5.56 Å². The highest BCUT2D eigenvalue weighted by Gasteiger charge is 2.31. The zero-order valence-electron chi connectivity index (χ0n) is 9.54. The van der Waals surface area contributed by atoms with Crippen LogP contribution in [0.3, 0.4) is 0 Å². The highest BCUT2D eigenvalue weighted by atomic mass is 19.4. The van der Waals surface area contributed by atoms with E-state index in [9.17, 15) is 13.2 Å². The summed E-state index contributed by atoms with van der Waals surface area (Å²) in [6.07, 6.45) is -4.66. The van der Waals surface area contributed by atoms with E-state index in [0.29, 0.717) is 6.61 Å². The van der Waals surface area contributed by atoms with E-state index in [-0.39, 0.29) is 11.8 Å². The molecule has 6 heteroatoms. The molecule has 0 aliphatic heterocycles. The van der Waals surface area contributed by atoms with Gasteiger partial charge in [0.25, 0.3) is 0 Å². The summed E-state index contributed by atoms with van der Waals surface area (Å²) in [6.45, 7) is 0.440. The SMILES string of the molecule is CNC(COC)c1ccc(OC(F)(F)F)cc1. The number of alkyl halides is 3. The minimum Gasteiger partial charge on any atom is -0.406 e. The zero-order valence-corrected chi connectivity index (χ0v) is 9.54. The molecule has 3 nitrogen and oxygen atoms in total. The summed E-state index contributed by atoms with van der Waals surface area (Å²) in [5.74, 6) is -0.228. The van der Waals surface area contributed by atoms with Gasteiger partial charge in [-0.2, -0.15) is 0 Å². The Morgan fingerprint density at radius 1 is 1.24 bits per heavy atom. The molecule has 0 amide bonds. The molecule has 0 fully saturated rings. The van der Waals surface area contributed by atoms with Gasteiger partial charge in [0.05, 0.1) is 12.6 Å². The highest BCUT2D eigenvalue weighted by Crippen LogP contribution is 2.24. The molecule has 0 saturated carbocycles. The van der Waals surface area contributed by atoms with Crippen molar-refractivity contribution in [2.24, 2.45) is 0 Å². The molecule has 0 aliphatic rings. The largest absolute Gasteiger partial charge is 0.573 e. The Labute approximate surface area is 97.5 Å². The molecule has 0 spiro atoms. The maximum absolute atomic E-state index is 11.9. The average Bonchev–Trinajstić information content (AvgIpc) is 2.25. The summed E-state index contributed by atoms with van der Waals surface area (Å²) in [5.41, 5.74) is 0.837. The third-order valence-electron chi connectivity index (χ3n) is 2.20. The number of ether oxygens (including phenoxy) is 2. The average molecular weight is 249 g/mol. The molecule has 1 N–H and O–H groups in total. The van der Waals surface area contributed by atoms with E-state index in [1.165, 1.54) is 12.1 Å². The van der Waals surface area contributed by atoms with Crippen molar-refractivity contribution in [3.8, 4) is 5.75 Å². The third kappa shape index (κ3) is 4.62. The van der Waals surface area contributed by atoms with Gasteiger partial charge in [-0.1, -0.05) is 12.1 Å². The second kappa shape index (κ2) is 5.88. The topological polar surface area (TPSA) is 30.5 Å². The first-order chi connectivity index (χ1) is 7.96. The van der Waals surface area contributed by atoms with Gasteiger partial charge in [-0.25, -0.2) is 0 Å². The summed E-state index contributed by atoms with van der Waals surface area (Å²) < 4.78 is 44.6. The monoisotopic (exact) mass is 249 g/mol. The second-order valence-corrected chi connectivity index (χ2v) is 3.41. The fraction of sp³-hybridized carbons (Fsp3) is 0.455. The number of hydrogen-bond acceptors (Lipinski definition) is 3.